The molecule has 0 spiro atoms. The minimum absolute atomic E-state index is 0.596. The van der Waals surface area contributed by atoms with E-state index in [1.165, 1.54) is 0 Å². The number of anilines is 1. The first-order chi connectivity index (χ1) is 9.81. The fraction of sp³-hybridized carbons (Fsp3) is 0.133. The molecule has 0 aliphatic heterocycles. The maximum absolute atomic E-state index is 5.29. The molecule has 5 nitrogen and oxygen atoms in total. The van der Waals surface area contributed by atoms with Crippen LogP contribution in [0.4, 0.5) is 5.82 Å². The zero-order chi connectivity index (χ0) is 13.8. The first-order valence-corrected chi connectivity index (χ1v) is 6.33. The lowest BCUT2D eigenvalue weighted by molar-refractivity contribution is 0.518. The van der Waals surface area contributed by atoms with Gasteiger partial charge in [0.1, 0.15) is 17.4 Å². The van der Waals surface area contributed by atoms with Crippen LogP contribution in [0.3, 0.4) is 0 Å². The molecule has 20 heavy (non-hydrogen) atoms. The van der Waals surface area contributed by atoms with E-state index in [1.807, 2.05) is 37.3 Å². The van der Waals surface area contributed by atoms with Gasteiger partial charge in [0.15, 0.2) is 0 Å². The van der Waals surface area contributed by atoms with Crippen molar-refractivity contribution in [2.24, 2.45) is 0 Å². The number of rotatable bonds is 4. The lowest BCUT2D eigenvalue weighted by Gasteiger charge is -2.07. The Hall–Kier alpha value is -2.69. The van der Waals surface area contributed by atoms with Crippen molar-refractivity contribution < 1.29 is 4.42 Å². The van der Waals surface area contributed by atoms with Gasteiger partial charge in [-0.05, 0) is 31.2 Å². The molecule has 5 heteroatoms. The van der Waals surface area contributed by atoms with Crippen molar-refractivity contribution in [1.82, 2.24) is 15.0 Å². The van der Waals surface area contributed by atoms with Crippen molar-refractivity contribution >= 4 is 5.82 Å². The minimum atomic E-state index is 0.596. The molecular weight excluding hydrogens is 252 g/mol. The van der Waals surface area contributed by atoms with Gasteiger partial charge in [-0.25, -0.2) is 9.97 Å². The van der Waals surface area contributed by atoms with Crippen LogP contribution in [0.2, 0.25) is 0 Å². The fourth-order valence-electron chi connectivity index (χ4n) is 1.92. The molecule has 3 aromatic heterocycles. The molecule has 0 radical (unpaired) electrons. The number of aromatic nitrogens is 3. The molecule has 1 N–H and O–H groups in total. The quantitative estimate of drug-likeness (QED) is 0.786. The van der Waals surface area contributed by atoms with E-state index in [0.717, 1.165) is 28.7 Å². The summed E-state index contributed by atoms with van der Waals surface area (Å²) >= 11 is 0. The van der Waals surface area contributed by atoms with E-state index < -0.39 is 0 Å². The van der Waals surface area contributed by atoms with Crippen LogP contribution in [-0.4, -0.2) is 15.0 Å². The van der Waals surface area contributed by atoms with Gasteiger partial charge in [0.25, 0.3) is 0 Å². The number of nitrogens with one attached hydrogen (secondary N) is 1. The van der Waals surface area contributed by atoms with Crippen LogP contribution >= 0.6 is 0 Å². The Kier molecular flexibility index (Phi) is 3.41. The second-order valence-corrected chi connectivity index (χ2v) is 4.35. The van der Waals surface area contributed by atoms with E-state index in [0.29, 0.717) is 6.54 Å². The van der Waals surface area contributed by atoms with Crippen LogP contribution in [0.5, 0.6) is 0 Å². The molecule has 0 fully saturated rings. The number of aryl methyl sites for hydroxylation is 1. The molecule has 0 aromatic carbocycles. The predicted octanol–water partition coefficient (Wildman–Crippen LogP) is 3.05. The van der Waals surface area contributed by atoms with Crippen molar-refractivity contribution in [2.75, 3.05) is 5.32 Å². The highest BCUT2D eigenvalue weighted by atomic mass is 16.3. The molecule has 0 saturated carbocycles. The van der Waals surface area contributed by atoms with Gasteiger partial charge in [0, 0.05) is 24.0 Å². The average molecular weight is 266 g/mol. The van der Waals surface area contributed by atoms with E-state index in [9.17, 15) is 0 Å². The Morgan fingerprint density at radius 1 is 1.15 bits per heavy atom. The van der Waals surface area contributed by atoms with Gasteiger partial charge >= 0.3 is 0 Å². The van der Waals surface area contributed by atoms with Crippen LogP contribution in [0.25, 0.3) is 11.3 Å². The maximum Gasteiger partial charge on any atom is 0.130 e. The van der Waals surface area contributed by atoms with E-state index in [-0.39, 0.29) is 0 Å². The van der Waals surface area contributed by atoms with Crippen molar-refractivity contribution in [3.8, 4) is 11.3 Å². The minimum Gasteiger partial charge on any atom is -0.467 e. The Morgan fingerprint density at radius 3 is 2.75 bits per heavy atom. The smallest absolute Gasteiger partial charge is 0.130 e. The molecule has 0 amide bonds. The summed E-state index contributed by atoms with van der Waals surface area (Å²) in [4.78, 5) is 12.8. The second kappa shape index (κ2) is 5.52. The summed E-state index contributed by atoms with van der Waals surface area (Å²) in [6, 6.07) is 9.57. The van der Waals surface area contributed by atoms with Crippen LogP contribution in [0, 0.1) is 6.92 Å². The highest BCUT2D eigenvalue weighted by molar-refractivity contribution is 5.61. The molecule has 0 saturated heterocycles. The van der Waals surface area contributed by atoms with Crippen molar-refractivity contribution in [3.05, 3.63) is 60.6 Å². The zero-order valence-electron chi connectivity index (χ0n) is 11.1. The standard InChI is InChI=1S/C15H14N4O/c1-11-18-14(12-4-6-16-7-5-12)9-15(19-11)17-10-13-3-2-8-20-13/h2-9H,10H2,1H3,(H,17,18,19). The monoisotopic (exact) mass is 266 g/mol. The summed E-state index contributed by atoms with van der Waals surface area (Å²) in [6.45, 7) is 2.47. The van der Waals surface area contributed by atoms with Crippen molar-refractivity contribution in [1.29, 1.82) is 0 Å². The summed E-state index contributed by atoms with van der Waals surface area (Å²) in [5, 5.41) is 3.24. The molecule has 0 aliphatic rings. The third-order valence-corrected chi connectivity index (χ3v) is 2.84. The summed E-state index contributed by atoms with van der Waals surface area (Å²) in [5.74, 6) is 2.37. The van der Waals surface area contributed by atoms with E-state index >= 15 is 0 Å². The van der Waals surface area contributed by atoms with Crippen LogP contribution in [-0.2, 0) is 6.54 Å². The normalized spacial score (nSPS) is 10.4. The molecule has 0 atom stereocenters. The van der Waals surface area contributed by atoms with Crippen LogP contribution in [0.15, 0.2) is 53.4 Å². The Morgan fingerprint density at radius 2 is 2.00 bits per heavy atom. The molecule has 0 aliphatic carbocycles. The first kappa shape index (κ1) is 12.3. The van der Waals surface area contributed by atoms with Gasteiger partial charge in [-0.3, -0.25) is 4.98 Å². The predicted molar refractivity (Wildman–Crippen MR) is 76.0 cm³/mol. The largest absolute Gasteiger partial charge is 0.467 e. The third-order valence-electron chi connectivity index (χ3n) is 2.84. The Balaban J connectivity index is 1.83. The highest BCUT2D eigenvalue weighted by Crippen LogP contribution is 2.19. The van der Waals surface area contributed by atoms with Crippen LogP contribution < -0.4 is 5.32 Å². The van der Waals surface area contributed by atoms with Crippen molar-refractivity contribution in [2.45, 2.75) is 13.5 Å². The van der Waals surface area contributed by atoms with Gasteiger partial charge in [-0.15, -0.1) is 0 Å². The SMILES string of the molecule is Cc1nc(NCc2ccco2)cc(-c2ccncc2)n1. The Labute approximate surface area is 116 Å². The molecule has 3 aromatic rings. The number of hydrogen-bond donors (Lipinski definition) is 1. The zero-order valence-corrected chi connectivity index (χ0v) is 11.1. The average Bonchev–Trinajstić information content (AvgIpc) is 2.99. The van der Waals surface area contributed by atoms with Gasteiger partial charge < -0.3 is 9.73 Å². The molecule has 3 heterocycles. The molecule has 100 valence electrons. The molecule has 3 rings (SSSR count). The fourth-order valence-corrected chi connectivity index (χ4v) is 1.92. The second-order valence-electron chi connectivity index (χ2n) is 4.35. The van der Waals surface area contributed by atoms with Crippen molar-refractivity contribution in [3.63, 3.8) is 0 Å². The summed E-state index contributed by atoms with van der Waals surface area (Å²) in [6.07, 6.45) is 5.16. The first-order valence-electron chi connectivity index (χ1n) is 6.33. The van der Waals surface area contributed by atoms with Gasteiger partial charge in [0.2, 0.25) is 0 Å². The lowest BCUT2D eigenvalue weighted by atomic mass is 10.2. The van der Waals surface area contributed by atoms with E-state index in [1.54, 1.807) is 18.7 Å². The molecule has 0 unspecified atom stereocenters. The third kappa shape index (κ3) is 2.83. The number of hydrogen-bond acceptors (Lipinski definition) is 5. The summed E-state index contributed by atoms with van der Waals surface area (Å²) < 4.78 is 5.29. The topological polar surface area (TPSA) is 63.8 Å². The van der Waals surface area contributed by atoms with Gasteiger partial charge in [-0.1, -0.05) is 0 Å². The summed E-state index contributed by atoms with van der Waals surface area (Å²) in [7, 11) is 0. The Bertz CT molecular complexity index is 680. The van der Waals surface area contributed by atoms with Gasteiger partial charge in [-0.2, -0.15) is 0 Å². The molecular formula is C15H14N4O. The summed E-state index contributed by atoms with van der Waals surface area (Å²) in [5.41, 5.74) is 1.90. The van der Waals surface area contributed by atoms with E-state index in [4.69, 9.17) is 4.42 Å². The van der Waals surface area contributed by atoms with Gasteiger partial charge in [0.05, 0.1) is 18.5 Å². The van der Waals surface area contributed by atoms with E-state index in [2.05, 4.69) is 20.3 Å². The van der Waals surface area contributed by atoms with Crippen LogP contribution in [0.1, 0.15) is 11.6 Å². The number of pyridine rings is 1. The maximum atomic E-state index is 5.29. The molecule has 0 bridgehead atoms. The lowest BCUT2D eigenvalue weighted by Crippen LogP contribution is -2.03. The number of furan rings is 1. The highest BCUT2D eigenvalue weighted by Gasteiger charge is 2.05. The number of nitrogens with zero attached hydrogens (tertiary/aromatic N) is 3.